The van der Waals surface area contributed by atoms with Crippen molar-refractivity contribution in [2.75, 3.05) is 43.1 Å². The van der Waals surface area contributed by atoms with Crippen LogP contribution in [0.4, 0.5) is 11.4 Å². The highest BCUT2D eigenvalue weighted by molar-refractivity contribution is 7.90. The molecule has 0 saturated carbocycles. The molecule has 1 atom stereocenters. The zero-order valence-corrected chi connectivity index (χ0v) is 17.9. The number of piperazine rings is 1. The standard InChI is InChI=1S/C19H21N3O6S2/c1-30(27,28)16-7-8-18(17(13-16)22(24)25)29(26)14-19(23)21-11-9-20(10-12-21)15-5-3-2-4-6-15/h2-8,13H,9-12,14H2,1H3. The summed E-state index contributed by atoms with van der Waals surface area (Å²) in [6.07, 6.45) is 0.932. The van der Waals surface area contributed by atoms with Crippen molar-refractivity contribution < 1.29 is 22.3 Å². The Bertz CT molecular complexity index is 1080. The van der Waals surface area contributed by atoms with Gasteiger partial charge in [0.15, 0.2) is 9.84 Å². The molecule has 0 aliphatic carbocycles. The fourth-order valence-corrected chi connectivity index (χ4v) is 4.99. The molecule has 30 heavy (non-hydrogen) atoms. The van der Waals surface area contributed by atoms with Crippen molar-refractivity contribution in [2.24, 2.45) is 0 Å². The normalized spacial score (nSPS) is 15.6. The van der Waals surface area contributed by atoms with Crippen LogP contribution in [-0.4, -0.2) is 66.5 Å². The topological polar surface area (TPSA) is 118 Å². The zero-order chi connectivity index (χ0) is 21.9. The number of hydrogen-bond acceptors (Lipinski definition) is 7. The number of nitro benzene ring substituents is 1. The van der Waals surface area contributed by atoms with Gasteiger partial charge in [-0.3, -0.25) is 19.1 Å². The van der Waals surface area contributed by atoms with E-state index in [2.05, 4.69) is 4.90 Å². The van der Waals surface area contributed by atoms with Crippen LogP contribution >= 0.6 is 0 Å². The lowest BCUT2D eigenvalue weighted by molar-refractivity contribution is -0.388. The highest BCUT2D eigenvalue weighted by Gasteiger charge is 2.27. The van der Waals surface area contributed by atoms with Gasteiger partial charge in [-0.2, -0.15) is 0 Å². The average molecular weight is 452 g/mol. The molecule has 11 heteroatoms. The number of sulfone groups is 1. The van der Waals surface area contributed by atoms with Crippen LogP contribution in [0.25, 0.3) is 0 Å². The van der Waals surface area contributed by atoms with Gasteiger partial charge in [-0.05, 0) is 24.3 Å². The first kappa shape index (κ1) is 21.9. The smallest absolute Gasteiger partial charge is 0.286 e. The summed E-state index contributed by atoms with van der Waals surface area (Å²) < 4.78 is 35.9. The molecule has 9 nitrogen and oxygen atoms in total. The first-order valence-electron chi connectivity index (χ1n) is 9.11. The molecule has 160 valence electrons. The van der Waals surface area contributed by atoms with E-state index >= 15 is 0 Å². The Morgan fingerprint density at radius 1 is 1.10 bits per heavy atom. The Hall–Kier alpha value is -2.79. The maximum Gasteiger partial charge on any atom is 0.286 e. The van der Waals surface area contributed by atoms with Gasteiger partial charge in [-0.15, -0.1) is 0 Å². The maximum atomic E-state index is 12.7. The van der Waals surface area contributed by atoms with Gasteiger partial charge in [0.25, 0.3) is 5.69 Å². The number of hydrogen-bond donors (Lipinski definition) is 0. The van der Waals surface area contributed by atoms with Gasteiger partial charge in [0.05, 0.1) is 20.6 Å². The molecule has 1 aliphatic heterocycles. The molecule has 2 aromatic rings. The molecule has 1 aliphatic rings. The molecular formula is C19H21N3O6S2. The molecule has 1 unspecified atom stereocenters. The molecule has 3 rings (SSSR count). The van der Waals surface area contributed by atoms with Crippen LogP contribution in [0, 0.1) is 10.1 Å². The largest absolute Gasteiger partial charge is 0.368 e. The molecule has 0 bridgehead atoms. The molecule has 0 radical (unpaired) electrons. The minimum atomic E-state index is -3.65. The van der Waals surface area contributed by atoms with E-state index in [9.17, 15) is 27.5 Å². The van der Waals surface area contributed by atoms with Gasteiger partial charge in [0.1, 0.15) is 10.6 Å². The maximum absolute atomic E-state index is 12.7. The van der Waals surface area contributed by atoms with Crippen molar-refractivity contribution >= 4 is 37.9 Å². The number of nitrogens with zero attached hydrogens (tertiary/aromatic N) is 3. The molecule has 1 amide bonds. The van der Waals surface area contributed by atoms with E-state index in [4.69, 9.17) is 0 Å². The first-order valence-corrected chi connectivity index (χ1v) is 12.3. The lowest BCUT2D eigenvalue weighted by Crippen LogP contribution is -2.49. The van der Waals surface area contributed by atoms with Crippen LogP contribution in [0.15, 0.2) is 58.3 Å². The van der Waals surface area contributed by atoms with Gasteiger partial charge in [0, 0.05) is 44.2 Å². The summed E-state index contributed by atoms with van der Waals surface area (Å²) in [5.41, 5.74) is 0.493. The zero-order valence-electron chi connectivity index (χ0n) is 16.3. The molecular weight excluding hydrogens is 430 g/mol. The lowest BCUT2D eigenvalue weighted by atomic mass is 10.2. The van der Waals surface area contributed by atoms with Gasteiger partial charge < -0.3 is 9.80 Å². The molecule has 1 saturated heterocycles. The Balaban J connectivity index is 1.68. The summed E-state index contributed by atoms with van der Waals surface area (Å²) in [5.74, 6) is -0.757. The van der Waals surface area contributed by atoms with Crippen molar-refractivity contribution in [2.45, 2.75) is 9.79 Å². The third-order valence-electron chi connectivity index (χ3n) is 4.81. The number of anilines is 1. The van der Waals surface area contributed by atoms with Crippen LogP contribution in [-0.2, 0) is 25.4 Å². The van der Waals surface area contributed by atoms with Crippen molar-refractivity contribution in [3.8, 4) is 0 Å². The summed E-state index contributed by atoms with van der Waals surface area (Å²) in [4.78, 5) is 26.5. The first-order chi connectivity index (χ1) is 14.2. The second-order valence-corrected chi connectivity index (χ2v) is 10.3. The monoisotopic (exact) mass is 451 g/mol. The number of para-hydroxylation sites is 1. The molecule has 1 heterocycles. The number of carbonyl (C=O) groups is 1. The highest BCUT2D eigenvalue weighted by atomic mass is 32.2. The van der Waals surface area contributed by atoms with E-state index in [1.807, 2.05) is 30.3 Å². The SMILES string of the molecule is CS(=O)(=O)c1ccc(S(=O)CC(=O)N2CCN(c3ccccc3)CC2)c([N+](=O)[O-])c1. The van der Waals surface area contributed by atoms with Crippen molar-refractivity contribution in [3.05, 3.63) is 58.6 Å². The minimum Gasteiger partial charge on any atom is -0.368 e. The van der Waals surface area contributed by atoms with Gasteiger partial charge >= 0.3 is 0 Å². The van der Waals surface area contributed by atoms with Crippen molar-refractivity contribution in [1.82, 2.24) is 4.90 Å². The van der Waals surface area contributed by atoms with Crippen LogP contribution in [0.3, 0.4) is 0 Å². The van der Waals surface area contributed by atoms with Crippen LogP contribution in [0.1, 0.15) is 0 Å². The third-order valence-corrected chi connectivity index (χ3v) is 7.26. The summed E-state index contributed by atoms with van der Waals surface area (Å²) in [7, 11) is -5.62. The molecule has 2 aromatic carbocycles. The number of carbonyl (C=O) groups excluding carboxylic acids is 1. The molecule has 0 aromatic heterocycles. The number of benzene rings is 2. The van der Waals surface area contributed by atoms with Gasteiger partial charge in [0.2, 0.25) is 5.91 Å². The van der Waals surface area contributed by atoms with E-state index in [0.717, 1.165) is 24.1 Å². The van der Waals surface area contributed by atoms with Crippen molar-refractivity contribution in [1.29, 1.82) is 0 Å². The van der Waals surface area contributed by atoms with E-state index in [1.165, 1.54) is 6.07 Å². The Morgan fingerprint density at radius 3 is 2.30 bits per heavy atom. The number of nitro groups is 1. The van der Waals surface area contributed by atoms with E-state index in [-0.39, 0.29) is 15.7 Å². The van der Waals surface area contributed by atoms with Crippen LogP contribution < -0.4 is 4.90 Å². The lowest BCUT2D eigenvalue weighted by Gasteiger charge is -2.36. The Morgan fingerprint density at radius 2 is 1.73 bits per heavy atom. The predicted molar refractivity (Wildman–Crippen MR) is 113 cm³/mol. The Labute approximate surface area is 176 Å². The summed E-state index contributed by atoms with van der Waals surface area (Å²) >= 11 is 0. The number of rotatable bonds is 6. The number of amides is 1. The van der Waals surface area contributed by atoms with Crippen molar-refractivity contribution in [3.63, 3.8) is 0 Å². The fraction of sp³-hybridized carbons (Fsp3) is 0.316. The molecule has 0 N–H and O–H groups in total. The van der Waals surface area contributed by atoms with E-state index in [0.29, 0.717) is 26.2 Å². The summed E-state index contributed by atoms with van der Waals surface area (Å²) in [6.45, 7) is 2.18. The van der Waals surface area contributed by atoms with Gasteiger partial charge in [-0.1, -0.05) is 18.2 Å². The highest BCUT2D eigenvalue weighted by Crippen LogP contribution is 2.26. The fourth-order valence-electron chi connectivity index (χ4n) is 3.20. The second-order valence-electron chi connectivity index (χ2n) is 6.85. The minimum absolute atomic E-state index is 0.163. The van der Waals surface area contributed by atoms with E-state index < -0.39 is 37.0 Å². The van der Waals surface area contributed by atoms with Crippen LogP contribution in [0.5, 0.6) is 0 Å². The third kappa shape index (κ3) is 5.03. The van der Waals surface area contributed by atoms with Crippen LogP contribution in [0.2, 0.25) is 0 Å². The average Bonchev–Trinajstić information content (AvgIpc) is 2.73. The summed E-state index contributed by atoms with van der Waals surface area (Å²) in [6, 6.07) is 13.0. The predicted octanol–water partition coefficient (Wildman–Crippen LogP) is 1.45. The Kier molecular flexibility index (Phi) is 6.52. The molecule has 0 spiro atoms. The van der Waals surface area contributed by atoms with E-state index in [1.54, 1.807) is 4.90 Å². The molecule has 1 fully saturated rings. The van der Waals surface area contributed by atoms with Gasteiger partial charge in [-0.25, -0.2) is 8.42 Å². The summed E-state index contributed by atoms with van der Waals surface area (Å²) in [5, 5.41) is 11.3. The second kappa shape index (κ2) is 8.92. The quantitative estimate of drug-likeness (QED) is 0.482.